The number of aliphatic hydroxyl groups is 1. The molecule has 1 aliphatic rings. The Kier molecular flexibility index (Phi) is 4.90. The van der Waals surface area contributed by atoms with Gasteiger partial charge in [0.1, 0.15) is 0 Å². The molecule has 0 aliphatic carbocycles. The molecule has 1 aliphatic heterocycles. The van der Waals surface area contributed by atoms with Crippen molar-refractivity contribution in [3.63, 3.8) is 0 Å². The van der Waals surface area contributed by atoms with Gasteiger partial charge in [-0.25, -0.2) is 0 Å². The molecule has 0 saturated heterocycles. The van der Waals surface area contributed by atoms with Crippen molar-refractivity contribution in [1.82, 2.24) is 0 Å². The van der Waals surface area contributed by atoms with Crippen molar-refractivity contribution in [3.05, 3.63) is 48.0 Å². The first-order chi connectivity index (χ1) is 8.79. The third-order valence-corrected chi connectivity index (χ3v) is 2.78. The first-order valence-electron chi connectivity index (χ1n) is 5.99. The lowest BCUT2D eigenvalue weighted by Gasteiger charge is -2.25. The Morgan fingerprint density at radius 2 is 2.17 bits per heavy atom. The van der Waals surface area contributed by atoms with E-state index in [4.69, 9.17) is 14.2 Å². The molecule has 0 bridgehead atoms. The summed E-state index contributed by atoms with van der Waals surface area (Å²) < 4.78 is 16.1. The minimum atomic E-state index is -0.915. The van der Waals surface area contributed by atoms with Crippen molar-refractivity contribution >= 4 is 0 Å². The molecule has 2 rings (SSSR count). The Balaban J connectivity index is 1.80. The van der Waals surface area contributed by atoms with Crippen molar-refractivity contribution in [3.8, 4) is 0 Å². The van der Waals surface area contributed by atoms with Crippen LogP contribution in [0.2, 0.25) is 0 Å². The van der Waals surface area contributed by atoms with Crippen LogP contribution in [0.5, 0.6) is 0 Å². The van der Waals surface area contributed by atoms with Gasteiger partial charge < -0.3 is 19.3 Å². The Morgan fingerprint density at radius 1 is 1.39 bits per heavy atom. The molecule has 0 saturated carbocycles. The van der Waals surface area contributed by atoms with Crippen LogP contribution < -0.4 is 0 Å². The maximum Gasteiger partial charge on any atom is 0.181 e. The summed E-state index contributed by atoms with van der Waals surface area (Å²) in [6, 6.07) is 9.27. The summed E-state index contributed by atoms with van der Waals surface area (Å²) >= 11 is 0. The molecule has 98 valence electrons. The number of benzene rings is 1. The summed E-state index contributed by atoms with van der Waals surface area (Å²) in [7, 11) is 1.59. The summed E-state index contributed by atoms with van der Waals surface area (Å²) in [5, 5.41) is 9.85. The van der Waals surface area contributed by atoms with Crippen molar-refractivity contribution in [2.45, 2.75) is 25.1 Å². The summed E-state index contributed by atoms with van der Waals surface area (Å²) in [5.74, 6) is 0. The number of rotatable bonds is 5. The second kappa shape index (κ2) is 6.66. The molecule has 1 N–H and O–H groups in total. The first kappa shape index (κ1) is 13.2. The lowest BCUT2D eigenvalue weighted by Crippen LogP contribution is -2.29. The average molecular weight is 250 g/mol. The van der Waals surface area contributed by atoms with Gasteiger partial charge >= 0.3 is 0 Å². The number of hydrogen-bond donors (Lipinski definition) is 1. The number of methoxy groups -OCH3 is 1. The maximum absolute atomic E-state index is 9.85. The van der Waals surface area contributed by atoms with Crippen LogP contribution in [0.25, 0.3) is 0 Å². The van der Waals surface area contributed by atoms with E-state index in [1.807, 2.05) is 42.5 Å². The number of ether oxygens (including phenoxy) is 3. The van der Waals surface area contributed by atoms with Crippen LogP contribution in [-0.2, 0) is 14.2 Å². The SMILES string of the molecule is COC1C=CCC(COC(O)c2ccccc2)O1. The smallest absolute Gasteiger partial charge is 0.181 e. The van der Waals surface area contributed by atoms with Gasteiger partial charge in [0.2, 0.25) is 0 Å². The topological polar surface area (TPSA) is 47.9 Å². The lowest BCUT2D eigenvalue weighted by molar-refractivity contribution is -0.179. The standard InChI is InChI=1S/C14H18O4/c1-16-13-9-5-8-12(18-13)10-17-14(15)11-6-3-2-4-7-11/h2-7,9,12-15H,8,10H2,1H3. The third-order valence-electron chi connectivity index (χ3n) is 2.78. The lowest BCUT2D eigenvalue weighted by atomic mass is 10.2. The van der Waals surface area contributed by atoms with E-state index in [1.165, 1.54) is 0 Å². The van der Waals surface area contributed by atoms with Gasteiger partial charge in [-0.05, 0) is 12.5 Å². The molecule has 0 spiro atoms. The van der Waals surface area contributed by atoms with Crippen LogP contribution in [0.4, 0.5) is 0 Å². The number of hydrogen-bond acceptors (Lipinski definition) is 4. The highest BCUT2D eigenvalue weighted by atomic mass is 16.7. The molecule has 1 aromatic rings. The van der Waals surface area contributed by atoms with Gasteiger partial charge in [-0.2, -0.15) is 0 Å². The second-order valence-corrected chi connectivity index (χ2v) is 4.12. The summed E-state index contributed by atoms with van der Waals surface area (Å²) in [6.45, 7) is 0.334. The summed E-state index contributed by atoms with van der Waals surface area (Å²) in [6.07, 6.45) is 3.31. The van der Waals surface area contributed by atoms with Crippen molar-refractivity contribution < 1.29 is 19.3 Å². The molecule has 18 heavy (non-hydrogen) atoms. The normalized spacial score (nSPS) is 25.0. The highest BCUT2D eigenvalue weighted by Gasteiger charge is 2.19. The Hall–Kier alpha value is -1.20. The first-order valence-corrected chi connectivity index (χ1v) is 5.99. The van der Waals surface area contributed by atoms with Crippen molar-refractivity contribution in [2.24, 2.45) is 0 Å². The molecule has 1 aromatic carbocycles. The predicted molar refractivity (Wildman–Crippen MR) is 66.8 cm³/mol. The molecule has 1 heterocycles. The zero-order chi connectivity index (χ0) is 12.8. The zero-order valence-electron chi connectivity index (χ0n) is 10.4. The largest absolute Gasteiger partial charge is 0.364 e. The molecular formula is C14H18O4. The fourth-order valence-electron chi connectivity index (χ4n) is 1.79. The Bertz CT molecular complexity index is 377. The van der Waals surface area contributed by atoms with Gasteiger partial charge in [0.25, 0.3) is 0 Å². The van der Waals surface area contributed by atoms with Crippen LogP contribution in [0.3, 0.4) is 0 Å². The Labute approximate surface area is 107 Å². The average Bonchev–Trinajstić information content (AvgIpc) is 2.46. The van der Waals surface area contributed by atoms with Gasteiger partial charge in [-0.1, -0.05) is 36.4 Å². The van der Waals surface area contributed by atoms with E-state index in [9.17, 15) is 5.11 Å². The minimum Gasteiger partial charge on any atom is -0.364 e. The summed E-state index contributed by atoms with van der Waals surface area (Å²) in [5.41, 5.74) is 0.743. The van der Waals surface area contributed by atoms with E-state index in [0.29, 0.717) is 6.61 Å². The van der Waals surface area contributed by atoms with Crippen LogP contribution >= 0.6 is 0 Å². The minimum absolute atomic E-state index is 0.0849. The van der Waals surface area contributed by atoms with Gasteiger partial charge in [0, 0.05) is 12.7 Å². The molecule has 0 radical (unpaired) electrons. The molecule has 0 fully saturated rings. The van der Waals surface area contributed by atoms with Crippen molar-refractivity contribution in [1.29, 1.82) is 0 Å². The van der Waals surface area contributed by atoms with E-state index in [1.54, 1.807) is 7.11 Å². The quantitative estimate of drug-likeness (QED) is 0.641. The molecule has 0 amide bonds. The molecular weight excluding hydrogens is 232 g/mol. The van der Waals surface area contributed by atoms with Gasteiger partial charge in [0.05, 0.1) is 12.7 Å². The molecule has 4 nitrogen and oxygen atoms in total. The molecule has 3 unspecified atom stereocenters. The number of aliphatic hydroxyl groups excluding tert-OH is 1. The fourth-order valence-corrected chi connectivity index (χ4v) is 1.79. The van der Waals surface area contributed by atoms with Gasteiger partial charge in [-0.3, -0.25) is 0 Å². The highest BCUT2D eigenvalue weighted by molar-refractivity contribution is 5.15. The summed E-state index contributed by atoms with van der Waals surface area (Å²) in [4.78, 5) is 0. The zero-order valence-corrected chi connectivity index (χ0v) is 10.4. The molecule has 3 atom stereocenters. The van der Waals surface area contributed by atoms with Crippen LogP contribution in [0.1, 0.15) is 18.3 Å². The van der Waals surface area contributed by atoms with E-state index < -0.39 is 6.29 Å². The van der Waals surface area contributed by atoms with E-state index in [-0.39, 0.29) is 12.4 Å². The van der Waals surface area contributed by atoms with Gasteiger partial charge in [0.15, 0.2) is 12.6 Å². The predicted octanol–water partition coefficient (Wildman–Crippen LogP) is 2.01. The maximum atomic E-state index is 9.85. The van der Waals surface area contributed by atoms with E-state index in [0.717, 1.165) is 12.0 Å². The van der Waals surface area contributed by atoms with Crippen LogP contribution in [0, 0.1) is 0 Å². The fraction of sp³-hybridized carbons (Fsp3) is 0.429. The third kappa shape index (κ3) is 3.65. The second-order valence-electron chi connectivity index (χ2n) is 4.12. The van der Waals surface area contributed by atoms with Crippen LogP contribution in [0.15, 0.2) is 42.5 Å². The Morgan fingerprint density at radius 3 is 2.89 bits per heavy atom. The van der Waals surface area contributed by atoms with Gasteiger partial charge in [-0.15, -0.1) is 0 Å². The van der Waals surface area contributed by atoms with Crippen LogP contribution in [-0.4, -0.2) is 31.2 Å². The molecule has 0 aromatic heterocycles. The van der Waals surface area contributed by atoms with E-state index in [2.05, 4.69) is 0 Å². The highest BCUT2D eigenvalue weighted by Crippen LogP contribution is 2.17. The molecule has 4 heteroatoms. The monoisotopic (exact) mass is 250 g/mol. The van der Waals surface area contributed by atoms with Crippen molar-refractivity contribution in [2.75, 3.05) is 13.7 Å². The van der Waals surface area contributed by atoms with E-state index >= 15 is 0 Å².